The monoisotopic (exact) mass is 211 g/mol. The second kappa shape index (κ2) is 4.73. The van der Waals surface area contributed by atoms with Gasteiger partial charge in [-0.15, -0.1) is 0 Å². The topological polar surface area (TPSA) is 29.9 Å². The van der Waals surface area contributed by atoms with Gasteiger partial charge in [-0.1, -0.05) is 0 Å². The smallest absolute Gasteiger partial charge is 0.203 e. The average molecular weight is 211 g/mol. The van der Waals surface area contributed by atoms with E-state index in [2.05, 4.69) is 39.8 Å². The van der Waals surface area contributed by atoms with Gasteiger partial charge in [0.25, 0.3) is 0 Å². The molecule has 1 fully saturated rings. The van der Waals surface area contributed by atoms with Crippen molar-refractivity contribution in [1.82, 2.24) is 9.55 Å². The summed E-state index contributed by atoms with van der Waals surface area (Å²) in [6.45, 7) is 3.05. The Hall–Kier alpha value is -0.640. The van der Waals surface area contributed by atoms with Crippen molar-refractivity contribution in [2.75, 3.05) is 23.4 Å². The van der Waals surface area contributed by atoms with Crippen LogP contribution in [-0.2, 0) is 0 Å². The molecular formula is C10H17N3S. The van der Waals surface area contributed by atoms with E-state index in [-0.39, 0.29) is 0 Å². The zero-order valence-corrected chi connectivity index (χ0v) is 9.39. The number of aromatic nitrogens is 2. The first-order chi connectivity index (χ1) is 6.92. The van der Waals surface area contributed by atoms with Crippen molar-refractivity contribution in [3.63, 3.8) is 0 Å². The van der Waals surface area contributed by atoms with Crippen molar-refractivity contribution in [3.05, 3.63) is 12.4 Å². The summed E-state index contributed by atoms with van der Waals surface area (Å²) >= 11 is 2.06. The lowest BCUT2D eigenvalue weighted by Gasteiger charge is -2.24. The van der Waals surface area contributed by atoms with Crippen LogP contribution in [0, 0.1) is 0 Å². The van der Waals surface area contributed by atoms with Crippen molar-refractivity contribution in [2.45, 2.75) is 25.8 Å². The minimum atomic E-state index is 0.660. The Morgan fingerprint density at radius 1 is 1.57 bits per heavy atom. The predicted octanol–water partition coefficient (Wildman–Crippen LogP) is 2.38. The Kier molecular flexibility index (Phi) is 3.35. The minimum absolute atomic E-state index is 0.660. The van der Waals surface area contributed by atoms with Crippen molar-refractivity contribution >= 4 is 17.7 Å². The van der Waals surface area contributed by atoms with Crippen LogP contribution < -0.4 is 5.32 Å². The molecule has 0 aromatic carbocycles. The van der Waals surface area contributed by atoms with Crippen LogP contribution in [0.1, 0.15) is 25.8 Å². The van der Waals surface area contributed by atoms with E-state index in [1.54, 1.807) is 0 Å². The van der Waals surface area contributed by atoms with Crippen molar-refractivity contribution in [2.24, 2.45) is 0 Å². The Morgan fingerprint density at radius 3 is 3.07 bits per heavy atom. The van der Waals surface area contributed by atoms with Gasteiger partial charge in [0, 0.05) is 25.0 Å². The molecule has 0 bridgehead atoms. The summed E-state index contributed by atoms with van der Waals surface area (Å²) in [6.07, 6.45) is 6.54. The molecule has 2 rings (SSSR count). The standard InChI is InChI=1S/C10H17N3S/c1-2-11-10-12-5-6-13(10)9-3-7-14-8-4-9/h5-6,9H,2-4,7-8H2,1H3,(H,11,12). The van der Waals surface area contributed by atoms with Crippen molar-refractivity contribution in [3.8, 4) is 0 Å². The van der Waals surface area contributed by atoms with Crippen LogP contribution in [0.2, 0.25) is 0 Å². The number of nitrogens with one attached hydrogen (secondary N) is 1. The number of thioether (sulfide) groups is 1. The minimum Gasteiger partial charge on any atom is -0.356 e. The fraction of sp³-hybridized carbons (Fsp3) is 0.700. The summed E-state index contributed by atoms with van der Waals surface area (Å²) < 4.78 is 2.29. The highest BCUT2D eigenvalue weighted by Gasteiger charge is 2.17. The zero-order chi connectivity index (χ0) is 9.80. The van der Waals surface area contributed by atoms with Gasteiger partial charge in [0.05, 0.1) is 0 Å². The highest BCUT2D eigenvalue weighted by atomic mass is 32.2. The van der Waals surface area contributed by atoms with Gasteiger partial charge in [-0.3, -0.25) is 0 Å². The normalized spacial score (nSPS) is 18.4. The van der Waals surface area contributed by atoms with E-state index >= 15 is 0 Å². The molecule has 0 spiro atoms. The Labute approximate surface area is 89.3 Å². The maximum atomic E-state index is 4.33. The second-order valence-electron chi connectivity index (χ2n) is 3.53. The first-order valence-electron chi connectivity index (χ1n) is 5.26. The summed E-state index contributed by atoms with van der Waals surface area (Å²) in [7, 11) is 0. The van der Waals surface area contributed by atoms with E-state index in [0.29, 0.717) is 6.04 Å². The summed E-state index contributed by atoms with van der Waals surface area (Å²) in [4.78, 5) is 4.33. The van der Waals surface area contributed by atoms with Gasteiger partial charge >= 0.3 is 0 Å². The molecule has 1 aromatic rings. The molecule has 1 aliphatic heterocycles. The van der Waals surface area contributed by atoms with E-state index in [1.165, 1.54) is 24.3 Å². The van der Waals surface area contributed by atoms with Gasteiger partial charge in [-0.25, -0.2) is 4.98 Å². The van der Waals surface area contributed by atoms with Crippen LogP contribution in [0.4, 0.5) is 5.95 Å². The third-order valence-electron chi connectivity index (χ3n) is 2.59. The maximum absolute atomic E-state index is 4.33. The van der Waals surface area contributed by atoms with Crippen LogP contribution in [0.25, 0.3) is 0 Å². The lowest BCUT2D eigenvalue weighted by Crippen LogP contribution is -2.17. The van der Waals surface area contributed by atoms with Crippen LogP contribution in [0.15, 0.2) is 12.4 Å². The van der Waals surface area contributed by atoms with E-state index in [9.17, 15) is 0 Å². The molecule has 1 saturated heterocycles. The number of nitrogens with zero attached hydrogens (tertiary/aromatic N) is 2. The maximum Gasteiger partial charge on any atom is 0.203 e. The fourth-order valence-electron chi connectivity index (χ4n) is 1.87. The molecule has 1 aromatic heterocycles. The van der Waals surface area contributed by atoms with Gasteiger partial charge in [-0.2, -0.15) is 11.8 Å². The van der Waals surface area contributed by atoms with Crippen LogP contribution in [0.5, 0.6) is 0 Å². The molecule has 1 aliphatic rings. The predicted molar refractivity (Wildman–Crippen MR) is 62.0 cm³/mol. The molecule has 0 saturated carbocycles. The largest absolute Gasteiger partial charge is 0.356 e. The highest BCUT2D eigenvalue weighted by Crippen LogP contribution is 2.28. The molecule has 3 nitrogen and oxygen atoms in total. The first kappa shape index (κ1) is 9.90. The molecule has 1 N–H and O–H groups in total. The third-order valence-corrected chi connectivity index (χ3v) is 3.64. The zero-order valence-electron chi connectivity index (χ0n) is 8.57. The van der Waals surface area contributed by atoms with Crippen LogP contribution in [-0.4, -0.2) is 27.6 Å². The number of imidazole rings is 1. The molecule has 78 valence electrons. The molecule has 0 unspecified atom stereocenters. The number of anilines is 1. The first-order valence-corrected chi connectivity index (χ1v) is 6.41. The summed E-state index contributed by atoms with van der Waals surface area (Å²) in [5.74, 6) is 3.60. The van der Waals surface area contributed by atoms with Crippen LogP contribution in [0.3, 0.4) is 0 Å². The molecule has 2 heterocycles. The number of hydrogen-bond donors (Lipinski definition) is 1. The Balaban J connectivity index is 2.09. The average Bonchev–Trinajstić information content (AvgIpc) is 2.68. The Bertz CT molecular complexity index is 279. The van der Waals surface area contributed by atoms with Gasteiger partial charge in [0.2, 0.25) is 5.95 Å². The Morgan fingerprint density at radius 2 is 2.36 bits per heavy atom. The summed E-state index contributed by atoms with van der Waals surface area (Å²) in [5.41, 5.74) is 0. The molecule has 0 amide bonds. The van der Waals surface area contributed by atoms with Crippen LogP contribution >= 0.6 is 11.8 Å². The van der Waals surface area contributed by atoms with E-state index in [1.807, 2.05) is 6.20 Å². The van der Waals surface area contributed by atoms with E-state index in [0.717, 1.165) is 12.5 Å². The fourth-order valence-corrected chi connectivity index (χ4v) is 2.95. The molecule has 0 aliphatic carbocycles. The van der Waals surface area contributed by atoms with Gasteiger partial charge in [-0.05, 0) is 31.3 Å². The summed E-state index contributed by atoms with van der Waals surface area (Å²) in [5, 5.41) is 3.30. The highest BCUT2D eigenvalue weighted by molar-refractivity contribution is 7.99. The molecule has 0 radical (unpaired) electrons. The van der Waals surface area contributed by atoms with Gasteiger partial charge in [0.1, 0.15) is 0 Å². The molecular weight excluding hydrogens is 194 g/mol. The number of rotatable bonds is 3. The summed E-state index contributed by atoms with van der Waals surface area (Å²) in [6, 6.07) is 0.660. The number of hydrogen-bond acceptors (Lipinski definition) is 3. The quantitative estimate of drug-likeness (QED) is 0.832. The van der Waals surface area contributed by atoms with E-state index < -0.39 is 0 Å². The van der Waals surface area contributed by atoms with Gasteiger partial charge < -0.3 is 9.88 Å². The second-order valence-corrected chi connectivity index (χ2v) is 4.76. The van der Waals surface area contributed by atoms with Crippen molar-refractivity contribution in [1.29, 1.82) is 0 Å². The van der Waals surface area contributed by atoms with Gasteiger partial charge in [0.15, 0.2) is 0 Å². The van der Waals surface area contributed by atoms with E-state index in [4.69, 9.17) is 0 Å². The SMILES string of the molecule is CCNc1nccn1C1CCSCC1. The molecule has 4 heteroatoms. The lowest BCUT2D eigenvalue weighted by atomic mass is 10.1. The van der Waals surface area contributed by atoms with Crippen molar-refractivity contribution < 1.29 is 0 Å². The molecule has 0 atom stereocenters. The lowest BCUT2D eigenvalue weighted by molar-refractivity contribution is 0.473. The third kappa shape index (κ3) is 2.05. The molecule has 14 heavy (non-hydrogen) atoms.